The summed E-state index contributed by atoms with van der Waals surface area (Å²) in [5.74, 6) is -0.0174. The van der Waals surface area contributed by atoms with Gasteiger partial charge < -0.3 is 5.32 Å². The number of Topliss-reactive ketones (excluding diaryl/α,β-unsaturated/α-hetero) is 1. The van der Waals surface area contributed by atoms with Crippen molar-refractivity contribution >= 4 is 39.2 Å². The summed E-state index contributed by atoms with van der Waals surface area (Å²) in [4.78, 5) is 37.8. The van der Waals surface area contributed by atoms with Crippen molar-refractivity contribution < 1.29 is 14.4 Å². The van der Waals surface area contributed by atoms with Crippen LogP contribution in [-0.4, -0.2) is 30.2 Å². The molecular weight excluding hydrogens is 360 g/mol. The van der Waals surface area contributed by atoms with E-state index in [0.717, 1.165) is 16.8 Å². The minimum Gasteiger partial charge on any atom is -0.352 e. The van der Waals surface area contributed by atoms with Gasteiger partial charge in [-0.25, -0.2) is 0 Å². The third-order valence-electron chi connectivity index (χ3n) is 5.32. The number of rotatable bonds is 3. The van der Waals surface area contributed by atoms with E-state index in [4.69, 9.17) is 0 Å². The Morgan fingerprint density at radius 2 is 2.09 bits per heavy atom. The predicted molar refractivity (Wildman–Crippen MR) is 88.2 cm³/mol. The summed E-state index contributed by atoms with van der Waals surface area (Å²) in [7, 11) is 0. The fourth-order valence-electron chi connectivity index (χ4n) is 4.25. The number of halogens is 1. The average molecular weight is 377 g/mol. The van der Waals surface area contributed by atoms with E-state index in [0.29, 0.717) is 17.2 Å². The molecule has 5 nitrogen and oxygen atoms in total. The van der Waals surface area contributed by atoms with Crippen LogP contribution in [0.5, 0.6) is 0 Å². The van der Waals surface area contributed by atoms with E-state index < -0.39 is 11.7 Å². The van der Waals surface area contributed by atoms with E-state index in [1.807, 2.05) is 0 Å². The van der Waals surface area contributed by atoms with Crippen molar-refractivity contribution in [3.63, 3.8) is 0 Å². The summed E-state index contributed by atoms with van der Waals surface area (Å²) in [5.41, 5.74) is 0.878. The van der Waals surface area contributed by atoms with E-state index in [1.54, 1.807) is 18.2 Å². The van der Waals surface area contributed by atoms with E-state index >= 15 is 0 Å². The molecule has 0 radical (unpaired) electrons. The SMILES string of the molecule is O=C(CN1C(=O)C(=O)c2cc(Br)ccc21)N[C@@H]1C[C@H]2CC[C@H]1C2. The van der Waals surface area contributed by atoms with Gasteiger partial charge in [0.15, 0.2) is 0 Å². The van der Waals surface area contributed by atoms with Crippen LogP contribution in [0.4, 0.5) is 5.69 Å². The monoisotopic (exact) mass is 376 g/mol. The van der Waals surface area contributed by atoms with Crippen molar-refractivity contribution in [2.24, 2.45) is 11.8 Å². The topological polar surface area (TPSA) is 66.5 Å². The molecule has 1 aromatic carbocycles. The standard InChI is InChI=1S/C17H17BrN2O3/c18-11-3-4-14-12(7-11)16(22)17(23)20(14)8-15(21)19-13-6-9-1-2-10(13)5-9/h3-4,7,9-10,13H,1-2,5-6,8H2,(H,19,21)/t9-,10-,13+/m0/s1. The number of hydrogen-bond acceptors (Lipinski definition) is 3. The van der Waals surface area contributed by atoms with Gasteiger partial charge in [0.2, 0.25) is 5.91 Å². The molecule has 1 aromatic rings. The first kappa shape index (κ1) is 14.9. The van der Waals surface area contributed by atoms with Crippen molar-refractivity contribution in [2.45, 2.75) is 31.7 Å². The van der Waals surface area contributed by atoms with Gasteiger partial charge in [-0.1, -0.05) is 22.4 Å². The normalized spacial score (nSPS) is 28.4. The van der Waals surface area contributed by atoms with E-state index in [2.05, 4.69) is 21.2 Å². The van der Waals surface area contributed by atoms with Gasteiger partial charge in [0.25, 0.3) is 11.7 Å². The zero-order valence-electron chi connectivity index (χ0n) is 12.5. The molecule has 3 atom stereocenters. The fourth-order valence-corrected chi connectivity index (χ4v) is 4.61. The van der Waals surface area contributed by atoms with Crippen molar-refractivity contribution in [3.05, 3.63) is 28.2 Å². The second-order valence-electron chi connectivity index (χ2n) is 6.73. The van der Waals surface area contributed by atoms with Crippen LogP contribution in [0.15, 0.2) is 22.7 Å². The van der Waals surface area contributed by atoms with Crippen molar-refractivity contribution in [3.8, 4) is 0 Å². The van der Waals surface area contributed by atoms with Crippen LogP contribution in [0.1, 0.15) is 36.0 Å². The third-order valence-corrected chi connectivity index (χ3v) is 5.81. The molecule has 4 rings (SSSR count). The van der Waals surface area contributed by atoms with Gasteiger partial charge in [-0.2, -0.15) is 0 Å². The lowest BCUT2D eigenvalue weighted by Gasteiger charge is -2.24. The lowest BCUT2D eigenvalue weighted by molar-refractivity contribution is -0.123. The highest BCUT2D eigenvalue weighted by Gasteiger charge is 2.41. The Balaban J connectivity index is 1.47. The van der Waals surface area contributed by atoms with Crippen LogP contribution in [0.3, 0.4) is 0 Å². The molecule has 0 unspecified atom stereocenters. The lowest BCUT2D eigenvalue weighted by Crippen LogP contribution is -2.45. The summed E-state index contributed by atoms with van der Waals surface area (Å²) in [6.45, 7) is -0.0902. The molecular formula is C17H17BrN2O3. The third kappa shape index (κ3) is 2.49. The van der Waals surface area contributed by atoms with Gasteiger partial charge in [0.05, 0.1) is 11.3 Å². The fraction of sp³-hybridized carbons (Fsp3) is 0.471. The van der Waals surface area contributed by atoms with Crippen LogP contribution in [-0.2, 0) is 9.59 Å². The Hall–Kier alpha value is -1.69. The highest BCUT2D eigenvalue weighted by atomic mass is 79.9. The number of amides is 2. The van der Waals surface area contributed by atoms with E-state index in [-0.39, 0.29) is 18.5 Å². The molecule has 2 bridgehead atoms. The number of ketones is 1. The molecule has 1 N–H and O–H groups in total. The minimum atomic E-state index is -0.624. The molecule has 23 heavy (non-hydrogen) atoms. The molecule has 1 heterocycles. The van der Waals surface area contributed by atoms with Crippen LogP contribution in [0.2, 0.25) is 0 Å². The highest BCUT2D eigenvalue weighted by molar-refractivity contribution is 9.10. The summed E-state index contributed by atoms with van der Waals surface area (Å²) < 4.78 is 0.741. The zero-order chi connectivity index (χ0) is 16.1. The Bertz CT molecular complexity index is 718. The van der Waals surface area contributed by atoms with Crippen molar-refractivity contribution in [2.75, 3.05) is 11.4 Å². The minimum absolute atomic E-state index is 0.0902. The molecule has 3 aliphatic rings. The van der Waals surface area contributed by atoms with Crippen molar-refractivity contribution in [1.29, 1.82) is 0 Å². The largest absolute Gasteiger partial charge is 0.352 e. The summed E-state index contributed by atoms with van der Waals surface area (Å²) in [6, 6.07) is 5.33. The number of nitrogens with one attached hydrogen (secondary N) is 1. The Morgan fingerprint density at radius 3 is 2.78 bits per heavy atom. The molecule has 2 amide bonds. The number of nitrogens with zero attached hydrogens (tertiary/aromatic N) is 1. The maximum Gasteiger partial charge on any atom is 0.299 e. The first-order valence-corrected chi connectivity index (χ1v) is 8.77. The number of hydrogen-bond donors (Lipinski definition) is 1. The summed E-state index contributed by atoms with van der Waals surface area (Å²) in [5, 5.41) is 3.06. The predicted octanol–water partition coefficient (Wildman–Crippen LogP) is 2.28. The van der Waals surface area contributed by atoms with E-state index in [9.17, 15) is 14.4 Å². The van der Waals surface area contributed by atoms with Gasteiger partial charge in [-0.15, -0.1) is 0 Å². The second kappa shape index (κ2) is 5.44. The number of carbonyl (C=O) groups excluding carboxylic acids is 3. The highest BCUT2D eigenvalue weighted by Crippen LogP contribution is 2.44. The number of benzene rings is 1. The average Bonchev–Trinajstić information content (AvgIpc) is 3.18. The quantitative estimate of drug-likeness (QED) is 0.822. The van der Waals surface area contributed by atoms with Gasteiger partial charge >= 0.3 is 0 Å². The van der Waals surface area contributed by atoms with E-state index in [1.165, 1.54) is 24.2 Å². The maximum absolute atomic E-state index is 12.3. The van der Waals surface area contributed by atoms with Crippen LogP contribution < -0.4 is 10.2 Å². The molecule has 120 valence electrons. The Labute approximate surface area is 142 Å². The van der Waals surface area contributed by atoms with Gasteiger partial charge in [-0.05, 0) is 49.3 Å². The smallest absolute Gasteiger partial charge is 0.299 e. The van der Waals surface area contributed by atoms with Crippen LogP contribution in [0.25, 0.3) is 0 Å². The molecule has 0 saturated heterocycles. The van der Waals surface area contributed by atoms with Gasteiger partial charge in [-0.3, -0.25) is 19.3 Å². The maximum atomic E-state index is 12.3. The summed E-state index contributed by atoms with van der Waals surface area (Å²) >= 11 is 3.30. The number of carbonyl (C=O) groups is 3. The van der Waals surface area contributed by atoms with Crippen LogP contribution >= 0.6 is 15.9 Å². The van der Waals surface area contributed by atoms with Crippen LogP contribution in [0, 0.1) is 11.8 Å². The number of anilines is 1. The first-order chi connectivity index (χ1) is 11.0. The molecule has 2 saturated carbocycles. The molecule has 0 spiro atoms. The number of fused-ring (bicyclic) bond motifs is 3. The van der Waals surface area contributed by atoms with Gasteiger partial charge in [0.1, 0.15) is 6.54 Å². The molecule has 2 fully saturated rings. The van der Waals surface area contributed by atoms with Gasteiger partial charge in [0, 0.05) is 10.5 Å². The summed E-state index contributed by atoms with van der Waals surface area (Å²) in [6.07, 6.45) is 4.72. The Morgan fingerprint density at radius 1 is 1.26 bits per heavy atom. The second-order valence-corrected chi connectivity index (χ2v) is 7.65. The first-order valence-electron chi connectivity index (χ1n) is 7.98. The molecule has 6 heteroatoms. The Kier molecular flexibility index (Phi) is 3.52. The molecule has 2 aliphatic carbocycles. The van der Waals surface area contributed by atoms with Crippen molar-refractivity contribution in [1.82, 2.24) is 5.32 Å². The molecule has 1 aliphatic heterocycles. The zero-order valence-corrected chi connectivity index (χ0v) is 14.1. The lowest BCUT2D eigenvalue weighted by atomic mass is 9.95. The molecule has 0 aromatic heterocycles.